The van der Waals surface area contributed by atoms with Gasteiger partial charge in [-0.1, -0.05) is 0 Å². The molecule has 4 nitrogen and oxygen atoms in total. The van der Waals surface area contributed by atoms with Gasteiger partial charge in [-0.3, -0.25) is 14.6 Å². The predicted molar refractivity (Wildman–Crippen MR) is 47.6 cm³/mol. The molecule has 0 aliphatic heterocycles. The molecule has 0 bridgehead atoms. The van der Waals surface area contributed by atoms with E-state index in [2.05, 4.69) is 10.5 Å². The van der Waals surface area contributed by atoms with Crippen LogP contribution in [-0.2, 0) is 16.2 Å². The Bertz CT molecular complexity index is 299. The number of aromatic nitrogens is 1. The molecular weight excluding hydrogens is 168 g/mol. The first-order valence-electron chi connectivity index (χ1n) is 3.98. The van der Waals surface area contributed by atoms with Gasteiger partial charge in [-0.25, -0.2) is 5.48 Å². The maximum absolute atomic E-state index is 10.4. The topological polar surface area (TPSA) is 51.2 Å². The molecule has 13 heavy (non-hydrogen) atoms. The number of amides is 1. The third-order valence-electron chi connectivity index (χ3n) is 1.41. The molecule has 0 atom stereocenters. The fraction of sp³-hybridized carbons (Fsp3) is 0.333. The Morgan fingerprint density at radius 2 is 2.46 bits per heavy atom. The Morgan fingerprint density at radius 1 is 1.69 bits per heavy atom. The van der Waals surface area contributed by atoms with Gasteiger partial charge in [-0.2, -0.15) is 0 Å². The number of nitrogens with zero attached hydrogens (tertiary/aromatic N) is 1. The van der Waals surface area contributed by atoms with Crippen molar-refractivity contribution in [3.63, 3.8) is 0 Å². The Hall–Kier alpha value is -1.42. The molecule has 0 radical (unpaired) electrons. The highest BCUT2D eigenvalue weighted by molar-refractivity contribution is 5.71. The minimum Gasteiger partial charge on any atom is -0.273 e. The molecule has 0 aliphatic carbocycles. The average molecular weight is 180 g/mol. The van der Waals surface area contributed by atoms with Crippen molar-refractivity contribution in [2.75, 3.05) is 0 Å². The first-order valence-corrected chi connectivity index (χ1v) is 3.98. The van der Waals surface area contributed by atoms with E-state index in [0.29, 0.717) is 6.61 Å². The van der Waals surface area contributed by atoms with Crippen LogP contribution >= 0.6 is 0 Å². The van der Waals surface area contributed by atoms with Crippen molar-refractivity contribution in [3.8, 4) is 0 Å². The van der Waals surface area contributed by atoms with Crippen LogP contribution in [0.2, 0.25) is 0 Å². The van der Waals surface area contributed by atoms with Gasteiger partial charge < -0.3 is 0 Å². The zero-order chi connectivity index (χ0) is 9.68. The quantitative estimate of drug-likeness (QED) is 0.705. The molecule has 1 N–H and O–H groups in total. The summed E-state index contributed by atoms with van der Waals surface area (Å²) >= 11 is 0. The molecule has 0 saturated heterocycles. The van der Waals surface area contributed by atoms with Crippen molar-refractivity contribution >= 4 is 5.91 Å². The molecule has 1 heterocycles. The van der Waals surface area contributed by atoms with Crippen molar-refractivity contribution in [2.45, 2.75) is 20.5 Å². The van der Waals surface area contributed by atoms with E-state index in [-0.39, 0.29) is 5.91 Å². The molecule has 4 heteroatoms. The highest BCUT2D eigenvalue weighted by Gasteiger charge is 1.95. The van der Waals surface area contributed by atoms with Gasteiger partial charge in [0.1, 0.15) is 6.61 Å². The number of hydroxylamine groups is 1. The summed E-state index contributed by atoms with van der Waals surface area (Å²) in [5.74, 6) is -0.215. The lowest BCUT2D eigenvalue weighted by Crippen LogP contribution is -2.20. The van der Waals surface area contributed by atoms with E-state index < -0.39 is 0 Å². The lowest BCUT2D eigenvalue weighted by Gasteiger charge is -2.02. The smallest absolute Gasteiger partial charge is 0.240 e. The van der Waals surface area contributed by atoms with Crippen LogP contribution in [0.1, 0.15) is 18.2 Å². The molecule has 1 aromatic rings. The maximum atomic E-state index is 10.4. The van der Waals surface area contributed by atoms with Crippen molar-refractivity contribution in [3.05, 3.63) is 29.6 Å². The summed E-state index contributed by atoms with van der Waals surface area (Å²) < 4.78 is 0. The minimum absolute atomic E-state index is 0.215. The van der Waals surface area contributed by atoms with E-state index >= 15 is 0 Å². The van der Waals surface area contributed by atoms with Crippen LogP contribution in [0, 0.1) is 6.92 Å². The molecule has 1 aromatic heterocycles. The van der Waals surface area contributed by atoms with E-state index in [9.17, 15) is 4.79 Å². The van der Waals surface area contributed by atoms with Crippen LogP contribution in [0.25, 0.3) is 0 Å². The number of hydrogen-bond donors (Lipinski definition) is 1. The SMILES string of the molecule is CC(=O)NOCc1cc(C)ccn1. The summed E-state index contributed by atoms with van der Waals surface area (Å²) in [5, 5.41) is 0. The second kappa shape index (κ2) is 4.57. The fourth-order valence-corrected chi connectivity index (χ4v) is 0.889. The minimum atomic E-state index is -0.215. The van der Waals surface area contributed by atoms with E-state index in [0.717, 1.165) is 11.3 Å². The Balaban J connectivity index is 2.41. The number of carbonyl (C=O) groups excluding carboxylic acids is 1. The zero-order valence-electron chi connectivity index (χ0n) is 7.70. The number of carbonyl (C=O) groups is 1. The van der Waals surface area contributed by atoms with Crippen LogP contribution in [0.5, 0.6) is 0 Å². The largest absolute Gasteiger partial charge is 0.273 e. The zero-order valence-corrected chi connectivity index (χ0v) is 7.70. The Labute approximate surface area is 76.9 Å². The lowest BCUT2D eigenvalue weighted by atomic mass is 10.2. The second-order valence-electron chi connectivity index (χ2n) is 2.77. The van der Waals surface area contributed by atoms with Crippen molar-refractivity contribution in [1.82, 2.24) is 10.5 Å². The van der Waals surface area contributed by atoms with Crippen LogP contribution in [-0.4, -0.2) is 10.9 Å². The monoisotopic (exact) mass is 180 g/mol. The maximum Gasteiger partial charge on any atom is 0.240 e. The molecule has 0 aliphatic rings. The molecule has 70 valence electrons. The first-order chi connectivity index (χ1) is 6.18. The Morgan fingerprint density at radius 3 is 3.08 bits per heavy atom. The summed E-state index contributed by atoms with van der Waals surface area (Å²) in [5.41, 5.74) is 4.16. The molecule has 1 amide bonds. The van der Waals surface area contributed by atoms with E-state index in [1.807, 2.05) is 19.1 Å². The lowest BCUT2D eigenvalue weighted by molar-refractivity contribution is -0.132. The van der Waals surface area contributed by atoms with Gasteiger partial charge in [0.15, 0.2) is 0 Å². The summed E-state index contributed by atoms with van der Waals surface area (Å²) in [6.07, 6.45) is 1.71. The Kier molecular flexibility index (Phi) is 3.40. The van der Waals surface area contributed by atoms with Gasteiger partial charge >= 0.3 is 0 Å². The highest BCUT2D eigenvalue weighted by Crippen LogP contribution is 2.00. The number of hydrogen-bond acceptors (Lipinski definition) is 3. The van der Waals surface area contributed by atoms with Gasteiger partial charge in [-0.15, -0.1) is 0 Å². The molecule has 0 unspecified atom stereocenters. The summed E-state index contributed by atoms with van der Waals surface area (Å²) in [6, 6.07) is 3.81. The number of rotatable bonds is 3. The molecule has 1 rings (SSSR count). The van der Waals surface area contributed by atoms with Crippen LogP contribution in [0.15, 0.2) is 18.3 Å². The van der Waals surface area contributed by atoms with Gasteiger partial charge in [0, 0.05) is 13.1 Å². The highest BCUT2D eigenvalue weighted by atomic mass is 16.6. The normalized spacial score (nSPS) is 9.69. The second-order valence-corrected chi connectivity index (χ2v) is 2.77. The van der Waals surface area contributed by atoms with Crippen molar-refractivity contribution in [2.24, 2.45) is 0 Å². The summed E-state index contributed by atoms with van der Waals surface area (Å²) in [4.78, 5) is 19.4. The van der Waals surface area contributed by atoms with E-state index in [4.69, 9.17) is 4.84 Å². The van der Waals surface area contributed by atoms with E-state index in [1.165, 1.54) is 6.92 Å². The van der Waals surface area contributed by atoms with Crippen molar-refractivity contribution in [1.29, 1.82) is 0 Å². The average Bonchev–Trinajstić information content (AvgIpc) is 2.03. The molecule has 0 aromatic carbocycles. The summed E-state index contributed by atoms with van der Waals surface area (Å²) in [7, 11) is 0. The first kappa shape index (κ1) is 9.67. The molecule has 0 saturated carbocycles. The van der Waals surface area contributed by atoms with E-state index in [1.54, 1.807) is 6.20 Å². The van der Waals surface area contributed by atoms with Crippen molar-refractivity contribution < 1.29 is 9.63 Å². The third kappa shape index (κ3) is 3.66. The number of nitrogens with one attached hydrogen (secondary N) is 1. The van der Waals surface area contributed by atoms with Gasteiger partial charge in [0.25, 0.3) is 0 Å². The fourth-order valence-electron chi connectivity index (χ4n) is 0.889. The van der Waals surface area contributed by atoms with Gasteiger partial charge in [0.05, 0.1) is 5.69 Å². The predicted octanol–water partition coefficient (Wildman–Crippen LogP) is 0.958. The molecule has 0 spiro atoms. The standard InChI is InChI=1S/C9H12N2O2/c1-7-3-4-10-9(5-7)6-13-11-8(2)12/h3-5H,6H2,1-2H3,(H,11,12). The third-order valence-corrected chi connectivity index (χ3v) is 1.41. The van der Waals surface area contributed by atoms with Gasteiger partial charge in [0.2, 0.25) is 5.91 Å². The number of pyridine rings is 1. The number of aryl methyl sites for hydroxylation is 1. The van der Waals surface area contributed by atoms with Gasteiger partial charge in [-0.05, 0) is 24.6 Å². The van der Waals surface area contributed by atoms with Crippen LogP contribution in [0.4, 0.5) is 0 Å². The molecule has 0 fully saturated rings. The van der Waals surface area contributed by atoms with Crippen LogP contribution < -0.4 is 5.48 Å². The van der Waals surface area contributed by atoms with Crippen LogP contribution in [0.3, 0.4) is 0 Å². The summed E-state index contributed by atoms with van der Waals surface area (Å²) in [6.45, 7) is 3.66. The molecular formula is C9H12N2O2.